The Bertz CT molecular complexity index is 973. The topological polar surface area (TPSA) is 69.6 Å². The van der Waals surface area contributed by atoms with Gasteiger partial charge in [-0.1, -0.05) is 53.7 Å². The fourth-order valence-electron chi connectivity index (χ4n) is 2.37. The van der Waals surface area contributed by atoms with E-state index in [-0.39, 0.29) is 10.9 Å². The number of nitrogens with zero attached hydrogens (tertiary/aromatic N) is 5. The molecule has 0 fully saturated rings. The maximum Gasteiger partial charge on any atom is 0.280 e. The Morgan fingerprint density at radius 1 is 0.962 bits per heavy atom. The second-order valence-corrected chi connectivity index (χ2v) is 6.50. The van der Waals surface area contributed by atoms with Crippen molar-refractivity contribution in [3.05, 3.63) is 78.1 Å². The monoisotopic (exact) mass is 367 g/mol. The van der Waals surface area contributed by atoms with Crippen LogP contribution in [-0.4, -0.2) is 25.2 Å². The fourth-order valence-corrected chi connectivity index (χ4v) is 2.99. The highest BCUT2D eigenvalue weighted by Crippen LogP contribution is 2.35. The third-order valence-corrected chi connectivity index (χ3v) is 4.42. The van der Waals surface area contributed by atoms with Gasteiger partial charge in [0.25, 0.3) is 5.22 Å². The number of hydrogen-bond donors (Lipinski definition) is 0. The second-order valence-electron chi connectivity index (χ2n) is 5.50. The molecule has 0 saturated heterocycles. The zero-order valence-corrected chi connectivity index (χ0v) is 14.4. The van der Waals surface area contributed by atoms with Crippen LogP contribution in [0.15, 0.2) is 76.5 Å². The number of alkyl halides is 1. The summed E-state index contributed by atoms with van der Waals surface area (Å²) in [6.07, 6.45) is 1.58. The maximum absolute atomic E-state index is 14.5. The van der Waals surface area contributed by atoms with Crippen LogP contribution in [0.2, 0.25) is 0 Å². The van der Waals surface area contributed by atoms with Crippen LogP contribution >= 0.6 is 11.8 Å². The van der Waals surface area contributed by atoms with Crippen LogP contribution in [0.25, 0.3) is 11.5 Å². The Kier molecular flexibility index (Phi) is 4.74. The van der Waals surface area contributed by atoms with Gasteiger partial charge in [-0.05, 0) is 29.5 Å². The predicted octanol–water partition coefficient (Wildman–Crippen LogP) is 4.14. The van der Waals surface area contributed by atoms with Crippen molar-refractivity contribution in [2.45, 2.75) is 17.3 Å². The number of benzene rings is 2. The Labute approximate surface area is 153 Å². The molecule has 6 nitrogen and oxygen atoms in total. The summed E-state index contributed by atoms with van der Waals surface area (Å²) in [6, 6.07) is 19.1. The standard InChI is InChI=1S/C18H14FN5OS/c19-16(15-12-24(23-20-15)11-13-7-3-1-4-8-13)26-18-22-21-17(25-18)14-9-5-2-6-10-14/h1-10,12,16H,11H2. The van der Waals surface area contributed by atoms with Crippen LogP contribution in [0.3, 0.4) is 0 Å². The highest BCUT2D eigenvalue weighted by Gasteiger charge is 2.20. The normalized spacial score (nSPS) is 12.2. The molecule has 0 spiro atoms. The molecule has 1 unspecified atom stereocenters. The summed E-state index contributed by atoms with van der Waals surface area (Å²) in [5, 5.41) is 15.9. The average Bonchev–Trinajstić information content (AvgIpc) is 3.33. The number of halogens is 1. The van der Waals surface area contributed by atoms with Crippen molar-refractivity contribution in [2.24, 2.45) is 0 Å². The molecule has 0 bridgehead atoms. The van der Waals surface area contributed by atoms with Gasteiger partial charge in [0.1, 0.15) is 5.69 Å². The summed E-state index contributed by atoms with van der Waals surface area (Å²) in [5.74, 6) is 0.355. The van der Waals surface area contributed by atoms with Crippen LogP contribution in [0, 0.1) is 0 Å². The van der Waals surface area contributed by atoms with Crippen molar-refractivity contribution >= 4 is 11.8 Å². The molecule has 0 N–H and O–H groups in total. The first-order valence-corrected chi connectivity index (χ1v) is 8.79. The van der Waals surface area contributed by atoms with Gasteiger partial charge in [0.2, 0.25) is 5.89 Å². The zero-order chi connectivity index (χ0) is 17.8. The molecule has 1 atom stereocenters. The summed E-state index contributed by atoms with van der Waals surface area (Å²) in [4.78, 5) is 0. The molecule has 0 amide bonds. The van der Waals surface area contributed by atoms with Gasteiger partial charge in [-0.2, -0.15) is 0 Å². The van der Waals surface area contributed by atoms with E-state index in [0.29, 0.717) is 12.4 Å². The minimum atomic E-state index is -1.44. The average molecular weight is 367 g/mol. The molecule has 26 heavy (non-hydrogen) atoms. The van der Waals surface area contributed by atoms with Gasteiger partial charge in [-0.15, -0.1) is 15.3 Å². The lowest BCUT2D eigenvalue weighted by molar-refractivity contribution is 0.434. The molecule has 0 aliphatic rings. The van der Waals surface area contributed by atoms with E-state index in [4.69, 9.17) is 4.42 Å². The van der Waals surface area contributed by atoms with Gasteiger partial charge in [-0.3, -0.25) is 0 Å². The first kappa shape index (κ1) is 16.5. The summed E-state index contributed by atoms with van der Waals surface area (Å²) < 4.78 is 21.6. The third kappa shape index (κ3) is 3.80. The van der Waals surface area contributed by atoms with Crippen molar-refractivity contribution < 1.29 is 8.81 Å². The zero-order valence-electron chi connectivity index (χ0n) is 13.6. The SMILES string of the molecule is FC(Sc1nnc(-c2ccccc2)o1)c1cn(Cc2ccccc2)nn1. The van der Waals surface area contributed by atoms with Gasteiger partial charge in [0.15, 0.2) is 5.50 Å². The number of aromatic nitrogens is 5. The van der Waals surface area contributed by atoms with E-state index in [1.54, 1.807) is 10.9 Å². The predicted molar refractivity (Wildman–Crippen MR) is 95.0 cm³/mol. The lowest BCUT2D eigenvalue weighted by Gasteiger charge is -2.00. The molecule has 2 heterocycles. The molecule has 0 aliphatic heterocycles. The highest BCUT2D eigenvalue weighted by molar-refractivity contribution is 7.99. The minimum absolute atomic E-state index is 0.147. The first-order chi connectivity index (χ1) is 12.8. The van der Waals surface area contributed by atoms with Crippen molar-refractivity contribution in [1.82, 2.24) is 25.2 Å². The van der Waals surface area contributed by atoms with Crippen LogP contribution in [0.1, 0.15) is 16.8 Å². The fraction of sp³-hybridized carbons (Fsp3) is 0.111. The second kappa shape index (κ2) is 7.49. The van der Waals surface area contributed by atoms with E-state index in [9.17, 15) is 4.39 Å². The Morgan fingerprint density at radius 3 is 2.46 bits per heavy atom. The van der Waals surface area contributed by atoms with Crippen molar-refractivity contribution in [1.29, 1.82) is 0 Å². The molecule has 130 valence electrons. The molecule has 2 aromatic carbocycles. The lowest BCUT2D eigenvalue weighted by atomic mass is 10.2. The van der Waals surface area contributed by atoms with Crippen molar-refractivity contribution in [2.75, 3.05) is 0 Å². The van der Waals surface area contributed by atoms with Crippen LogP contribution < -0.4 is 0 Å². The van der Waals surface area contributed by atoms with Gasteiger partial charge < -0.3 is 4.42 Å². The molecule has 4 aromatic rings. The quantitative estimate of drug-likeness (QED) is 0.477. The van der Waals surface area contributed by atoms with E-state index in [2.05, 4.69) is 20.5 Å². The third-order valence-electron chi connectivity index (χ3n) is 3.61. The van der Waals surface area contributed by atoms with Gasteiger partial charge in [0, 0.05) is 5.56 Å². The Balaban J connectivity index is 1.42. The largest absolute Gasteiger partial charge is 0.411 e. The first-order valence-electron chi connectivity index (χ1n) is 7.91. The Morgan fingerprint density at radius 2 is 1.69 bits per heavy atom. The van der Waals surface area contributed by atoms with Gasteiger partial charge in [-0.25, -0.2) is 9.07 Å². The van der Waals surface area contributed by atoms with Gasteiger partial charge in [0.05, 0.1) is 12.7 Å². The molecular formula is C18H14FN5OS. The van der Waals surface area contributed by atoms with Crippen LogP contribution in [0.4, 0.5) is 4.39 Å². The Hall–Kier alpha value is -3.00. The van der Waals surface area contributed by atoms with Gasteiger partial charge >= 0.3 is 0 Å². The van der Waals surface area contributed by atoms with E-state index in [0.717, 1.165) is 22.9 Å². The highest BCUT2D eigenvalue weighted by atomic mass is 32.2. The molecule has 0 radical (unpaired) electrons. The summed E-state index contributed by atoms with van der Waals surface area (Å²) in [5.41, 5.74) is 0.626. The lowest BCUT2D eigenvalue weighted by Crippen LogP contribution is -1.99. The summed E-state index contributed by atoms with van der Waals surface area (Å²) in [6.45, 7) is 0.532. The summed E-state index contributed by atoms with van der Waals surface area (Å²) in [7, 11) is 0. The van der Waals surface area contributed by atoms with Crippen LogP contribution in [-0.2, 0) is 6.54 Å². The maximum atomic E-state index is 14.5. The number of rotatable bonds is 6. The van der Waals surface area contributed by atoms with Crippen molar-refractivity contribution in [3.63, 3.8) is 0 Å². The molecular weight excluding hydrogens is 353 g/mol. The van der Waals surface area contributed by atoms with E-state index in [1.807, 2.05) is 60.7 Å². The smallest absolute Gasteiger partial charge is 0.280 e. The molecule has 0 aliphatic carbocycles. The molecule has 2 aromatic heterocycles. The molecule has 8 heteroatoms. The van der Waals surface area contributed by atoms with Crippen molar-refractivity contribution in [3.8, 4) is 11.5 Å². The number of thioether (sulfide) groups is 1. The molecule has 0 saturated carbocycles. The van der Waals surface area contributed by atoms with Crippen LogP contribution in [0.5, 0.6) is 0 Å². The molecule has 4 rings (SSSR count). The number of hydrogen-bond acceptors (Lipinski definition) is 6. The van der Waals surface area contributed by atoms with E-state index in [1.165, 1.54) is 0 Å². The minimum Gasteiger partial charge on any atom is -0.411 e. The van der Waals surface area contributed by atoms with E-state index >= 15 is 0 Å². The van der Waals surface area contributed by atoms with E-state index < -0.39 is 5.50 Å². The summed E-state index contributed by atoms with van der Waals surface area (Å²) >= 11 is 0.809.